The lowest BCUT2D eigenvalue weighted by molar-refractivity contribution is -0.115. The molecule has 0 saturated heterocycles. The molecule has 0 atom stereocenters. The van der Waals surface area contributed by atoms with Crippen molar-refractivity contribution >= 4 is 51.0 Å². The van der Waals surface area contributed by atoms with Crippen LogP contribution in [0.25, 0.3) is 10.2 Å². The number of fused-ring (bicyclic) bond motifs is 1. The second-order valence-corrected chi connectivity index (χ2v) is 6.92. The number of aromatic nitrogens is 1. The number of carbonyl (C=O) groups excluding carboxylic acids is 2. The number of thioether (sulfide) groups is 1. The predicted molar refractivity (Wildman–Crippen MR) is 97.2 cm³/mol. The van der Waals surface area contributed by atoms with Gasteiger partial charge in [0.2, 0.25) is 5.91 Å². The van der Waals surface area contributed by atoms with Crippen molar-refractivity contribution in [3.05, 3.63) is 18.2 Å². The van der Waals surface area contributed by atoms with Crippen molar-refractivity contribution in [3.8, 4) is 0 Å². The number of rotatable bonds is 9. The van der Waals surface area contributed by atoms with Crippen LogP contribution in [0.5, 0.6) is 0 Å². The number of ether oxygens (including phenoxy) is 3. The zero-order chi connectivity index (χ0) is 18.1. The third-order valence-corrected chi connectivity index (χ3v) is 4.97. The Morgan fingerprint density at radius 1 is 1.28 bits per heavy atom. The van der Waals surface area contributed by atoms with Gasteiger partial charge in [0.05, 0.1) is 36.5 Å². The molecule has 0 radical (unpaired) electrons. The Bertz CT molecular complexity index is 722. The molecule has 2 rings (SSSR count). The molecule has 0 bridgehead atoms. The van der Waals surface area contributed by atoms with Gasteiger partial charge in [0.25, 0.3) is 0 Å². The molecule has 0 saturated carbocycles. The summed E-state index contributed by atoms with van der Waals surface area (Å²) in [4.78, 5) is 27.2. The summed E-state index contributed by atoms with van der Waals surface area (Å²) in [6.07, 6.45) is -0.651. The molecule has 0 spiro atoms. The first kappa shape index (κ1) is 19.4. The second-order valence-electron chi connectivity index (χ2n) is 4.72. The Balaban J connectivity index is 1.88. The van der Waals surface area contributed by atoms with Crippen molar-refractivity contribution in [1.82, 2.24) is 10.3 Å². The van der Waals surface area contributed by atoms with Crippen LogP contribution < -0.4 is 10.6 Å². The summed E-state index contributed by atoms with van der Waals surface area (Å²) in [5.74, 6) is 0.168. The third-order valence-electron chi connectivity index (χ3n) is 2.93. The topological polar surface area (TPSA) is 98.8 Å². The van der Waals surface area contributed by atoms with E-state index >= 15 is 0 Å². The summed E-state index contributed by atoms with van der Waals surface area (Å²) in [7, 11) is 2.87. The highest BCUT2D eigenvalue weighted by Crippen LogP contribution is 2.31. The molecule has 0 aliphatic carbocycles. The minimum atomic E-state index is -0.651. The van der Waals surface area contributed by atoms with Crippen molar-refractivity contribution in [2.45, 2.75) is 4.34 Å². The van der Waals surface area contributed by atoms with E-state index in [0.717, 1.165) is 14.6 Å². The van der Waals surface area contributed by atoms with Crippen LogP contribution in [0.4, 0.5) is 10.5 Å². The van der Waals surface area contributed by atoms with Gasteiger partial charge in [-0.3, -0.25) is 4.79 Å². The van der Waals surface area contributed by atoms with E-state index in [2.05, 4.69) is 20.4 Å². The number of nitrogens with one attached hydrogen (secondary N) is 2. The summed E-state index contributed by atoms with van der Waals surface area (Å²) >= 11 is 3.03. The fourth-order valence-corrected chi connectivity index (χ4v) is 3.62. The lowest BCUT2D eigenvalue weighted by Gasteiger charge is -2.05. The number of thiazole rings is 1. The maximum Gasteiger partial charge on any atom is 0.407 e. The molecule has 1 aromatic heterocycles. The van der Waals surface area contributed by atoms with E-state index in [0.29, 0.717) is 24.8 Å². The maximum atomic E-state index is 11.8. The van der Waals surface area contributed by atoms with Gasteiger partial charge in [-0.2, -0.15) is 0 Å². The van der Waals surface area contributed by atoms with Gasteiger partial charge in [-0.25, -0.2) is 9.78 Å². The second kappa shape index (κ2) is 10.2. The molecule has 8 nitrogen and oxygen atoms in total. The Morgan fingerprint density at radius 3 is 2.88 bits per heavy atom. The SMILES string of the molecule is COCCOCSc1nc2ccc(NC(=O)CNC(=O)OC)cc2s1. The molecule has 1 heterocycles. The molecule has 25 heavy (non-hydrogen) atoms. The summed E-state index contributed by atoms with van der Waals surface area (Å²) in [5.41, 5.74) is 1.50. The summed E-state index contributed by atoms with van der Waals surface area (Å²) in [6.45, 7) is 0.950. The zero-order valence-corrected chi connectivity index (χ0v) is 15.5. The number of nitrogens with zero attached hydrogens (tertiary/aromatic N) is 1. The van der Waals surface area contributed by atoms with E-state index < -0.39 is 6.09 Å². The van der Waals surface area contributed by atoms with Crippen LogP contribution in [-0.2, 0) is 19.0 Å². The lowest BCUT2D eigenvalue weighted by Crippen LogP contribution is -2.32. The first-order chi connectivity index (χ1) is 12.1. The van der Waals surface area contributed by atoms with Crippen LogP contribution in [-0.4, -0.2) is 56.9 Å². The molecule has 0 fully saturated rings. The number of carbonyl (C=O) groups is 2. The summed E-state index contributed by atoms with van der Waals surface area (Å²) in [5, 5.41) is 5.04. The Kier molecular flexibility index (Phi) is 7.92. The fraction of sp³-hybridized carbons (Fsp3) is 0.400. The molecule has 0 unspecified atom stereocenters. The van der Waals surface area contributed by atoms with Crippen molar-refractivity contribution in [2.24, 2.45) is 0 Å². The Morgan fingerprint density at radius 2 is 2.12 bits per heavy atom. The number of alkyl carbamates (subject to hydrolysis) is 1. The van der Waals surface area contributed by atoms with Gasteiger partial charge in [0.1, 0.15) is 6.54 Å². The molecule has 0 aliphatic heterocycles. The van der Waals surface area contributed by atoms with Gasteiger partial charge in [0.15, 0.2) is 4.34 Å². The smallest absolute Gasteiger partial charge is 0.407 e. The van der Waals surface area contributed by atoms with Crippen LogP contribution in [0.15, 0.2) is 22.5 Å². The van der Waals surface area contributed by atoms with E-state index in [1.165, 1.54) is 30.2 Å². The van der Waals surface area contributed by atoms with Gasteiger partial charge in [-0.15, -0.1) is 11.3 Å². The number of methoxy groups -OCH3 is 2. The van der Waals surface area contributed by atoms with Crippen molar-refractivity contribution in [2.75, 3.05) is 45.2 Å². The van der Waals surface area contributed by atoms with Gasteiger partial charge in [-0.05, 0) is 18.2 Å². The van der Waals surface area contributed by atoms with Gasteiger partial charge in [-0.1, -0.05) is 11.8 Å². The molecule has 10 heteroatoms. The molecular weight excluding hydrogens is 366 g/mol. The monoisotopic (exact) mass is 385 g/mol. The molecule has 2 amide bonds. The zero-order valence-electron chi connectivity index (χ0n) is 13.9. The Hall–Kier alpha value is -1.88. The summed E-state index contributed by atoms with van der Waals surface area (Å²) < 4.78 is 16.6. The van der Waals surface area contributed by atoms with E-state index in [4.69, 9.17) is 9.47 Å². The van der Waals surface area contributed by atoms with Crippen molar-refractivity contribution < 1.29 is 23.8 Å². The first-order valence-electron chi connectivity index (χ1n) is 7.34. The fourth-order valence-electron chi connectivity index (χ4n) is 1.77. The highest BCUT2D eigenvalue weighted by molar-refractivity contribution is 8.01. The first-order valence-corrected chi connectivity index (χ1v) is 9.14. The summed E-state index contributed by atoms with van der Waals surface area (Å²) in [6, 6.07) is 5.45. The van der Waals surface area contributed by atoms with Crippen molar-refractivity contribution in [1.29, 1.82) is 0 Å². The highest BCUT2D eigenvalue weighted by atomic mass is 32.2. The van der Waals surface area contributed by atoms with E-state index in [9.17, 15) is 9.59 Å². The number of hydrogen-bond acceptors (Lipinski definition) is 8. The van der Waals surface area contributed by atoms with Crippen LogP contribution in [0.1, 0.15) is 0 Å². The average molecular weight is 385 g/mol. The van der Waals surface area contributed by atoms with E-state index in [-0.39, 0.29) is 12.5 Å². The standard InChI is InChI=1S/C15H19N3O5S2/c1-21-5-6-23-9-24-15-18-11-4-3-10(7-12(11)25-15)17-13(19)8-16-14(20)22-2/h3-4,7H,5-6,8-9H2,1-2H3,(H,16,20)(H,17,19). The largest absolute Gasteiger partial charge is 0.453 e. The van der Waals surface area contributed by atoms with Crippen LogP contribution in [0.2, 0.25) is 0 Å². The molecule has 0 aliphatic rings. The van der Waals surface area contributed by atoms with Gasteiger partial charge >= 0.3 is 6.09 Å². The number of anilines is 1. The molecule has 136 valence electrons. The quantitative estimate of drug-likeness (QED) is 0.388. The average Bonchev–Trinajstić information content (AvgIpc) is 3.01. The third kappa shape index (κ3) is 6.50. The van der Waals surface area contributed by atoms with E-state index in [1.807, 2.05) is 12.1 Å². The maximum absolute atomic E-state index is 11.8. The van der Waals surface area contributed by atoms with Crippen molar-refractivity contribution in [3.63, 3.8) is 0 Å². The molecule has 2 N–H and O–H groups in total. The highest BCUT2D eigenvalue weighted by Gasteiger charge is 2.08. The minimum Gasteiger partial charge on any atom is -0.453 e. The molecule has 1 aromatic carbocycles. The predicted octanol–water partition coefficient (Wildman–Crippen LogP) is 2.30. The molecular formula is C15H19N3O5S2. The minimum absolute atomic E-state index is 0.159. The number of benzene rings is 1. The van der Waals surface area contributed by atoms with Crippen LogP contribution >= 0.6 is 23.1 Å². The number of hydrogen-bond donors (Lipinski definition) is 2. The molecule has 2 aromatic rings. The normalized spacial score (nSPS) is 10.6. The lowest BCUT2D eigenvalue weighted by atomic mass is 10.3. The number of amides is 2. The van der Waals surface area contributed by atoms with Gasteiger partial charge < -0.3 is 24.8 Å². The van der Waals surface area contributed by atoms with E-state index in [1.54, 1.807) is 13.2 Å². The van der Waals surface area contributed by atoms with Crippen LogP contribution in [0.3, 0.4) is 0 Å². The Labute approximate surface area is 153 Å². The van der Waals surface area contributed by atoms with Crippen LogP contribution in [0, 0.1) is 0 Å². The van der Waals surface area contributed by atoms with Gasteiger partial charge in [0, 0.05) is 12.8 Å².